The molecule has 3 nitrogen and oxygen atoms in total. The van der Waals surface area contributed by atoms with E-state index in [1.165, 1.54) is 0 Å². The molecule has 1 atom stereocenters. The average molecular weight is 164 g/mol. The Morgan fingerprint density at radius 2 is 2.44 bits per heavy atom. The predicted molar refractivity (Wildman–Crippen MR) is 37.5 cm³/mol. The van der Waals surface area contributed by atoms with Crippen LogP contribution in [0.15, 0.2) is 0 Å². The van der Waals surface area contributed by atoms with Crippen LogP contribution in [0.5, 0.6) is 0 Å². The van der Waals surface area contributed by atoms with E-state index in [9.17, 15) is 0 Å². The molecule has 1 aromatic heterocycles. The van der Waals surface area contributed by atoms with Crippen molar-refractivity contribution < 1.29 is 0 Å². The fourth-order valence-corrected chi connectivity index (χ4v) is 1.28. The lowest BCUT2D eigenvalue weighted by Gasteiger charge is -1.96. The molecule has 0 aliphatic carbocycles. The summed E-state index contributed by atoms with van der Waals surface area (Å²) in [6, 6.07) is -0.115. The zero-order chi connectivity index (χ0) is 6.85. The lowest BCUT2D eigenvalue weighted by Crippen LogP contribution is -2.05. The third kappa shape index (κ3) is 1.38. The highest BCUT2D eigenvalue weighted by Gasteiger charge is 2.08. The van der Waals surface area contributed by atoms with Crippen molar-refractivity contribution in [2.24, 2.45) is 5.73 Å². The van der Waals surface area contributed by atoms with Crippen LogP contribution in [0.3, 0.4) is 0 Å². The van der Waals surface area contributed by atoms with Crippen molar-refractivity contribution >= 4 is 23.1 Å². The number of rotatable bonds is 1. The lowest BCUT2D eigenvalue weighted by atomic mass is 10.3. The van der Waals surface area contributed by atoms with Gasteiger partial charge in [-0.25, -0.2) is 0 Å². The minimum absolute atomic E-state index is 0.115. The van der Waals surface area contributed by atoms with E-state index >= 15 is 0 Å². The summed E-state index contributed by atoms with van der Waals surface area (Å²) in [7, 11) is 0. The first kappa shape index (κ1) is 6.92. The Balaban J connectivity index is 2.94. The summed E-state index contributed by atoms with van der Waals surface area (Å²) >= 11 is 6.81. The molecule has 0 saturated carbocycles. The number of hydrogen-bond acceptors (Lipinski definition) is 4. The second-order valence-corrected chi connectivity index (χ2v) is 3.08. The Hall–Kier alpha value is -0.190. The van der Waals surface area contributed by atoms with Crippen molar-refractivity contribution in [2.45, 2.75) is 13.0 Å². The van der Waals surface area contributed by atoms with Crippen LogP contribution < -0.4 is 5.73 Å². The first-order valence-electron chi connectivity index (χ1n) is 2.45. The molecular formula is C4H6ClN3S. The second-order valence-electron chi connectivity index (χ2n) is 1.72. The molecule has 1 aromatic rings. The Labute approximate surface area is 62.0 Å². The van der Waals surface area contributed by atoms with Gasteiger partial charge in [0.05, 0.1) is 0 Å². The molecule has 5 heteroatoms. The fourth-order valence-electron chi connectivity index (χ4n) is 0.456. The molecule has 0 aliphatic heterocycles. The van der Waals surface area contributed by atoms with Crippen molar-refractivity contribution in [1.29, 1.82) is 0 Å². The third-order valence-corrected chi connectivity index (χ3v) is 1.84. The normalized spacial score (nSPS) is 13.7. The van der Waals surface area contributed by atoms with Crippen molar-refractivity contribution in [3.63, 3.8) is 0 Å². The van der Waals surface area contributed by atoms with Crippen LogP contribution in [-0.4, -0.2) is 9.59 Å². The molecule has 0 aromatic carbocycles. The van der Waals surface area contributed by atoms with Gasteiger partial charge < -0.3 is 5.73 Å². The Morgan fingerprint density at radius 1 is 1.78 bits per heavy atom. The summed E-state index contributed by atoms with van der Waals surface area (Å²) in [5.41, 5.74) is 6.16. The van der Waals surface area contributed by atoms with E-state index in [1.807, 2.05) is 6.92 Å². The largest absolute Gasteiger partial charge is 0.323 e. The number of nitrogens with zero attached hydrogens (tertiary/aromatic N) is 2. The summed E-state index contributed by atoms with van der Waals surface area (Å²) < 4.78 is 4.21. The minimum atomic E-state index is -0.115. The Bertz CT molecular complexity index is 197. The van der Waals surface area contributed by atoms with Crippen LogP contribution in [0, 0.1) is 0 Å². The molecule has 0 fully saturated rings. The van der Waals surface area contributed by atoms with Gasteiger partial charge in [-0.1, -0.05) is 16.1 Å². The zero-order valence-electron chi connectivity index (χ0n) is 4.84. The standard InChI is InChI=1S/C4H6ClN3S/c1-2(6)3-4(5)9-8-7-3/h2H,6H2,1H3. The maximum atomic E-state index is 5.65. The molecule has 0 aliphatic rings. The predicted octanol–water partition coefficient (Wildman–Crippen LogP) is 1.21. The van der Waals surface area contributed by atoms with Gasteiger partial charge in [-0.2, -0.15) is 0 Å². The van der Waals surface area contributed by atoms with E-state index in [2.05, 4.69) is 9.59 Å². The highest BCUT2D eigenvalue weighted by atomic mass is 35.5. The van der Waals surface area contributed by atoms with Gasteiger partial charge in [-0.05, 0) is 6.92 Å². The molecule has 0 amide bonds. The molecule has 0 spiro atoms. The highest BCUT2D eigenvalue weighted by Crippen LogP contribution is 2.21. The van der Waals surface area contributed by atoms with Gasteiger partial charge >= 0.3 is 0 Å². The molecule has 1 unspecified atom stereocenters. The van der Waals surface area contributed by atoms with Gasteiger partial charge in [0.2, 0.25) is 0 Å². The van der Waals surface area contributed by atoms with Gasteiger partial charge in [0.15, 0.2) is 0 Å². The molecule has 0 radical (unpaired) electrons. The SMILES string of the molecule is CC(N)c1nnsc1Cl. The van der Waals surface area contributed by atoms with Crippen molar-refractivity contribution in [3.8, 4) is 0 Å². The van der Waals surface area contributed by atoms with E-state index in [-0.39, 0.29) is 6.04 Å². The van der Waals surface area contributed by atoms with E-state index in [0.29, 0.717) is 10.0 Å². The van der Waals surface area contributed by atoms with Gasteiger partial charge in [-0.15, -0.1) is 5.10 Å². The van der Waals surface area contributed by atoms with Crippen LogP contribution in [0.1, 0.15) is 18.7 Å². The van der Waals surface area contributed by atoms with Crippen LogP contribution in [-0.2, 0) is 0 Å². The first-order valence-corrected chi connectivity index (χ1v) is 3.60. The number of halogens is 1. The summed E-state index contributed by atoms with van der Waals surface area (Å²) in [4.78, 5) is 0. The Morgan fingerprint density at radius 3 is 2.67 bits per heavy atom. The van der Waals surface area contributed by atoms with Crippen molar-refractivity contribution in [1.82, 2.24) is 9.59 Å². The first-order chi connectivity index (χ1) is 4.22. The average Bonchev–Trinajstić information content (AvgIpc) is 2.13. The maximum absolute atomic E-state index is 5.65. The summed E-state index contributed by atoms with van der Waals surface area (Å²) in [5, 5.41) is 3.73. The lowest BCUT2D eigenvalue weighted by molar-refractivity contribution is 0.773. The summed E-state index contributed by atoms with van der Waals surface area (Å²) in [6.45, 7) is 1.82. The maximum Gasteiger partial charge on any atom is 0.139 e. The monoisotopic (exact) mass is 163 g/mol. The molecule has 0 bridgehead atoms. The fraction of sp³-hybridized carbons (Fsp3) is 0.500. The third-order valence-electron chi connectivity index (χ3n) is 0.902. The van der Waals surface area contributed by atoms with Crippen LogP contribution in [0.25, 0.3) is 0 Å². The topological polar surface area (TPSA) is 51.8 Å². The van der Waals surface area contributed by atoms with Gasteiger partial charge in [-0.3, -0.25) is 0 Å². The van der Waals surface area contributed by atoms with E-state index < -0.39 is 0 Å². The molecule has 1 heterocycles. The molecule has 0 saturated heterocycles. The highest BCUT2D eigenvalue weighted by molar-refractivity contribution is 7.10. The van der Waals surface area contributed by atoms with Crippen molar-refractivity contribution in [3.05, 3.63) is 10.0 Å². The van der Waals surface area contributed by atoms with Gasteiger partial charge in [0.1, 0.15) is 10.0 Å². The quantitative estimate of drug-likeness (QED) is 0.677. The molecule has 1 rings (SSSR count). The number of aromatic nitrogens is 2. The molecule has 9 heavy (non-hydrogen) atoms. The van der Waals surface area contributed by atoms with Gasteiger partial charge in [0, 0.05) is 17.6 Å². The Kier molecular flexibility index (Phi) is 2.00. The van der Waals surface area contributed by atoms with Crippen LogP contribution in [0.2, 0.25) is 4.34 Å². The summed E-state index contributed by atoms with van der Waals surface area (Å²) in [5.74, 6) is 0. The van der Waals surface area contributed by atoms with Gasteiger partial charge in [0.25, 0.3) is 0 Å². The smallest absolute Gasteiger partial charge is 0.139 e. The van der Waals surface area contributed by atoms with E-state index in [0.717, 1.165) is 11.5 Å². The van der Waals surface area contributed by atoms with Crippen LogP contribution in [0.4, 0.5) is 0 Å². The number of nitrogens with two attached hydrogens (primary N) is 1. The second kappa shape index (κ2) is 2.60. The molecule has 50 valence electrons. The minimum Gasteiger partial charge on any atom is -0.323 e. The molecular weight excluding hydrogens is 158 g/mol. The van der Waals surface area contributed by atoms with E-state index in [1.54, 1.807) is 0 Å². The zero-order valence-corrected chi connectivity index (χ0v) is 6.41. The van der Waals surface area contributed by atoms with E-state index in [4.69, 9.17) is 17.3 Å². The van der Waals surface area contributed by atoms with Crippen molar-refractivity contribution in [2.75, 3.05) is 0 Å². The van der Waals surface area contributed by atoms with Crippen LogP contribution >= 0.6 is 23.1 Å². The molecule has 2 N–H and O–H groups in total. The summed E-state index contributed by atoms with van der Waals surface area (Å²) in [6.07, 6.45) is 0. The number of hydrogen-bond donors (Lipinski definition) is 1.